The number of rotatable bonds is 7. The van der Waals surface area contributed by atoms with Gasteiger partial charge in [-0.3, -0.25) is 14.3 Å². The number of nitrogens with one attached hydrogen (secondary N) is 3. The number of amides is 1. The van der Waals surface area contributed by atoms with Crippen LogP contribution in [0.25, 0.3) is 11.0 Å². The number of ether oxygens (including phenoxy) is 1. The van der Waals surface area contributed by atoms with Crippen molar-refractivity contribution in [3.8, 4) is 0 Å². The van der Waals surface area contributed by atoms with Gasteiger partial charge in [-0.25, -0.2) is 9.97 Å². The number of ketones is 1. The maximum Gasteiger partial charge on any atom is 0.255 e. The van der Waals surface area contributed by atoms with E-state index in [4.69, 9.17) is 4.74 Å². The quantitative estimate of drug-likeness (QED) is 0.297. The second-order valence-electron chi connectivity index (χ2n) is 8.47. The van der Waals surface area contributed by atoms with Gasteiger partial charge in [0, 0.05) is 30.6 Å². The number of aromatic nitrogens is 5. The number of aromatic amines is 1. The van der Waals surface area contributed by atoms with Crippen molar-refractivity contribution in [2.45, 2.75) is 25.0 Å². The molecule has 3 aromatic heterocycles. The lowest BCUT2D eigenvalue weighted by Crippen LogP contribution is -2.36. The van der Waals surface area contributed by atoms with Gasteiger partial charge in [0.1, 0.15) is 17.8 Å². The molecule has 11 heteroatoms. The smallest absolute Gasteiger partial charge is 0.255 e. The van der Waals surface area contributed by atoms with E-state index in [2.05, 4.69) is 30.7 Å². The van der Waals surface area contributed by atoms with E-state index in [1.807, 2.05) is 0 Å². The van der Waals surface area contributed by atoms with Crippen LogP contribution in [-0.4, -0.2) is 66.9 Å². The summed E-state index contributed by atoms with van der Waals surface area (Å²) in [6.45, 7) is 0.442. The summed E-state index contributed by atoms with van der Waals surface area (Å²) in [7, 11) is 1.77. The van der Waals surface area contributed by atoms with Crippen molar-refractivity contribution in [2.75, 3.05) is 23.8 Å². The van der Waals surface area contributed by atoms with E-state index in [-0.39, 0.29) is 30.4 Å². The minimum Gasteiger partial charge on any atom is -0.394 e. The van der Waals surface area contributed by atoms with Gasteiger partial charge in [0.05, 0.1) is 48.2 Å². The predicted octanol–water partition coefficient (Wildman–Crippen LogP) is 2.13. The second kappa shape index (κ2) is 9.65. The van der Waals surface area contributed by atoms with Crippen LogP contribution in [-0.2, 0) is 11.8 Å². The summed E-state index contributed by atoms with van der Waals surface area (Å²) in [5.74, 6) is 0.0405. The van der Waals surface area contributed by atoms with Crippen LogP contribution in [0.1, 0.15) is 39.1 Å². The second-order valence-corrected chi connectivity index (χ2v) is 8.47. The van der Waals surface area contributed by atoms with Crippen LogP contribution in [0.2, 0.25) is 0 Å². The van der Waals surface area contributed by atoms with Crippen LogP contribution in [0.3, 0.4) is 0 Å². The molecule has 0 saturated carbocycles. The Morgan fingerprint density at radius 1 is 1.20 bits per heavy atom. The Bertz CT molecular complexity index is 1350. The van der Waals surface area contributed by atoms with Crippen molar-refractivity contribution in [2.24, 2.45) is 7.05 Å². The van der Waals surface area contributed by atoms with Gasteiger partial charge in [0.25, 0.3) is 5.91 Å². The molecule has 1 aliphatic rings. The van der Waals surface area contributed by atoms with Gasteiger partial charge in [-0.05, 0) is 25.0 Å². The minimum absolute atomic E-state index is 0.00481. The molecule has 0 bridgehead atoms. The molecule has 0 spiro atoms. The number of fused-ring (bicyclic) bond motifs is 1. The summed E-state index contributed by atoms with van der Waals surface area (Å²) in [6.07, 6.45) is 7.72. The fourth-order valence-corrected chi connectivity index (χ4v) is 4.13. The molecular formula is C24H25N7O4. The molecule has 0 aliphatic carbocycles. The number of hydrogen-bond acceptors (Lipinski definition) is 8. The Morgan fingerprint density at radius 3 is 2.69 bits per heavy atom. The third-order valence-electron chi connectivity index (χ3n) is 6.00. The van der Waals surface area contributed by atoms with Crippen molar-refractivity contribution < 1.29 is 19.4 Å². The molecule has 2 atom stereocenters. The highest BCUT2D eigenvalue weighted by Gasteiger charge is 2.24. The number of aliphatic hydroxyl groups is 1. The van der Waals surface area contributed by atoms with Crippen LogP contribution in [0.5, 0.6) is 0 Å². The molecule has 180 valence electrons. The van der Waals surface area contributed by atoms with Crippen molar-refractivity contribution in [1.82, 2.24) is 24.7 Å². The van der Waals surface area contributed by atoms with Gasteiger partial charge < -0.3 is 25.5 Å². The van der Waals surface area contributed by atoms with Crippen molar-refractivity contribution in [1.29, 1.82) is 0 Å². The highest BCUT2D eigenvalue weighted by atomic mass is 16.5. The summed E-state index contributed by atoms with van der Waals surface area (Å²) < 4.78 is 7.25. The summed E-state index contributed by atoms with van der Waals surface area (Å²) in [5, 5.41) is 20.0. The average Bonchev–Trinajstić information content (AvgIpc) is 3.50. The minimum atomic E-state index is -0.290. The largest absolute Gasteiger partial charge is 0.394 e. The number of aliphatic hydroxyl groups excluding tert-OH is 1. The number of hydrogen-bond donors (Lipinski definition) is 4. The molecule has 1 amide bonds. The lowest BCUT2D eigenvalue weighted by molar-refractivity contribution is -0.0224. The molecule has 11 nitrogen and oxygen atoms in total. The average molecular weight is 476 g/mol. The Morgan fingerprint density at radius 2 is 2.00 bits per heavy atom. The van der Waals surface area contributed by atoms with Gasteiger partial charge >= 0.3 is 0 Å². The Hall–Kier alpha value is -4.09. The first kappa shape index (κ1) is 22.7. The Balaban J connectivity index is 1.34. The predicted molar refractivity (Wildman–Crippen MR) is 128 cm³/mol. The summed E-state index contributed by atoms with van der Waals surface area (Å²) in [4.78, 5) is 37.5. The van der Waals surface area contributed by atoms with E-state index >= 15 is 0 Å². The van der Waals surface area contributed by atoms with Crippen molar-refractivity contribution >= 4 is 34.2 Å². The van der Waals surface area contributed by atoms with E-state index in [1.54, 1.807) is 54.6 Å². The van der Waals surface area contributed by atoms with E-state index < -0.39 is 0 Å². The van der Waals surface area contributed by atoms with Gasteiger partial charge in [-0.1, -0.05) is 12.1 Å². The first-order valence-electron chi connectivity index (χ1n) is 11.3. The monoisotopic (exact) mass is 475 g/mol. The highest BCUT2D eigenvalue weighted by molar-refractivity contribution is 6.18. The number of H-pyrrole nitrogens is 1. The molecular weight excluding hydrogens is 450 g/mol. The number of carbonyl (C=O) groups excluding carboxylic acids is 2. The highest BCUT2D eigenvalue weighted by Crippen LogP contribution is 2.27. The van der Waals surface area contributed by atoms with Gasteiger partial charge in [0.2, 0.25) is 0 Å². The van der Waals surface area contributed by atoms with E-state index in [0.717, 1.165) is 12.8 Å². The molecule has 1 fully saturated rings. The van der Waals surface area contributed by atoms with E-state index in [9.17, 15) is 14.7 Å². The molecule has 4 heterocycles. The van der Waals surface area contributed by atoms with Gasteiger partial charge in [-0.15, -0.1) is 0 Å². The molecule has 35 heavy (non-hydrogen) atoms. The molecule has 1 saturated heterocycles. The summed E-state index contributed by atoms with van der Waals surface area (Å²) in [5.41, 5.74) is 2.43. The molecule has 1 aliphatic heterocycles. The van der Waals surface area contributed by atoms with Crippen LogP contribution < -0.4 is 10.6 Å². The SMILES string of the molecule is Cn1cc(NC(=O)c2ccc(C(=O)c3c[nH]c4ncnc(N[C@@H]5CC[C@@H](CO)OC5)c34)cc2)cn1. The molecule has 0 unspecified atom stereocenters. The maximum atomic E-state index is 13.4. The van der Waals surface area contributed by atoms with E-state index in [1.165, 1.54) is 6.33 Å². The molecule has 0 radical (unpaired) electrons. The van der Waals surface area contributed by atoms with Crippen LogP contribution in [0, 0.1) is 0 Å². The number of nitrogens with zero attached hydrogens (tertiary/aromatic N) is 4. The third kappa shape index (κ3) is 4.77. The van der Waals surface area contributed by atoms with Crippen molar-refractivity contribution in [3.05, 3.63) is 65.9 Å². The van der Waals surface area contributed by atoms with Crippen molar-refractivity contribution in [3.63, 3.8) is 0 Å². The molecule has 1 aromatic carbocycles. The van der Waals surface area contributed by atoms with Crippen LogP contribution >= 0.6 is 0 Å². The molecule has 4 N–H and O–H groups in total. The molecule has 5 rings (SSSR count). The van der Waals surface area contributed by atoms with Crippen LogP contribution in [0.4, 0.5) is 11.5 Å². The van der Waals surface area contributed by atoms with Crippen LogP contribution in [0.15, 0.2) is 49.2 Å². The first-order chi connectivity index (χ1) is 17.0. The maximum absolute atomic E-state index is 13.4. The lowest BCUT2D eigenvalue weighted by Gasteiger charge is -2.29. The number of anilines is 2. The van der Waals surface area contributed by atoms with E-state index in [0.29, 0.717) is 45.8 Å². The third-order valence-corrected chi connectivity index (χ3v) is 6.00. The van der Waals surface area contributed by atoms with Gasteiger partial charge in [-0.2, -0.15) is 5.10 Å². The zero-order chi connectivity index (χ0) is 24.4. The van der Waals surface area contributed by atoms with Gasteiger partial charge in [0.15, 0.2) is 5.78 Å². The lowest BCUT2D eigenvalue weighted by atomic mass is 10.0. The Labute approximate surface area is 200 Å². The summed E-state index contributed by atoms with van der Waals surface area (Å²) in [6, 6.07) is 6.48. The normalized spacial score (nSPS) is 17.9. The number of aryl methyl sites for hydroxylation is 1. The zero-order valence-electron chi connectivity index (χ0n) is 19.1. The fourth-order valence-electron chi connectivity index (χ4n) is 4.13. The zero-order valence-corrected chi connectivity index (χ0v) is 19.1. The topological polar surface area (TPSA) is 147 Å². The first-order valence-corrected chi connectivity index (χ1v) is 11.3. The standard InChI is InChI=1S/C24H25N7O4/c1-31-10-17(8-28-31)30-24(34)15-4-2-14(3-5-15)21(33)19-9-25-22-20(19)23(27-13-26-22)29-16-6-7-18(11-32)35-12-16/h2-5,8-10,13,16,18,32H,6-7,11-12H2,1H3,(H,30,34)(H2,25,26,27,29)/t16-,18+/m1/s1. The summed E-state index contributed by atoms with van der Waals surface area (Å²) >= 11 is 0. The Kier molecular flexibility index (Phi) is 6.25. The fraction of sp³-hybridized carbons (Fsp3) is 0.292. The number of carbonyl (C=O) groups is 2. The molecule has 4 aromatic rings. The number of benzene rings is 1.